The highest BCUT2D eigenvalue weighted by Gasteiger charge is 2.18. The Morgan fingerprint density at radius 3 is 2.68 bits per heavy atom. The van der Waals surface area contributed by atoms with E-state index in [1.807, 2.05) is 41.1 Å². The summed E-state index contributed by atoms with van der Waals surface area (Å²) in [6, 6.07) is 16.2. The van der Waals surface area contributed by atoms with E-state index in [2.05, 4.69) is 39.6 Å². The van der Waals surface area contributed by atoms with Crippen LogP contribution in [-0.4, -0.2) is 69.0 Å². The number of hydrogen-bond acceptors (Lipinski definition) is 8. The van der Waals surface area contributed by atoms with Crippen molar-refractivity contribution in [2.75, 3.05) is 54.6 Å². The second-order valence-corrected chi connectivity index (χ2v) is 11.6. The van der Waals surface area contributed by atoms with Crippen molar-refractivity contribution < 1.29 is 13.2 Å². The standard InChI is InChI=1S/C27H33N7O3S/c1-19-17-33(14-12-28-19)23-8-6-22(7-9-23)30-27-29-16-20-11-13-34(26(20)31-27)18-21-5-10-24(37-3)15-25(21)32(2)38(4,35)36/h5-11,13,15-16,19,28H,12,14,17-18H2,1-4H3,(H,29,30,31)/t19-/m0/s1. The van der Waals surface area contributed by atoms with Crippen LogP contribution in [0, 0.1) is 0 Å². The van der Waals surface area contributed by atoms with Crippen LogP contribution < -0.4 is 24.6 Å². The van der Waals surface area contributed by atoms with E-state index < -0.39 is 10.0 Å². The molecular weight excluding hydrogens is 502 g/mol. The van der Waals surface area contributed by atoms with Gasteiger partial charge in [0.15, 0.2) is 0 Å². The molecule has 1 aliphatic heterocycles. The first-order valence-corrected chi connectivity index (χ1v) is 14.3. The van der Waals surface area contributed by atoms with Crippen LogP contribution >= 0.6 is 0 Å². The average molecular weight is 536 g/mol. The molecule has 4 aromatic rings. The molecule has 0 saturated carbocycles. The number of nitrogens with one attached hydrogen (secondary N) is 2. The highest BCUT2D eigenvalue weighted by atomic mass is 32.2. The van der Waals surface area contributed by atoms with E-state index in [4.69, 9.17) is 9.72 Å². The molecule has 11 heteroatoms. The second kappa shape index (κ2) is 10.5. The molecule has 1 atom stereocenters. The van der Waals surface area contributed by atoms with Crippen molar-refractivity contribution in [2.45, 2.75) is 19.5 Å². The maximum absolute atomic E-state index is 12.3. The van der Waals surface area contributed by atoms with Crippen molar-refractivity contribution >= 4 is 44.1 Å². The number of fused-ring (bicyclic) bond motifs is 1. The summed E-state index contributed by atoms with van der Waals surface area (Å²) < 4.78 is 33.2. The van der Waals surface area contributed by atoms with Crippen molar-refractivity contribution in [2.24, 2.45) is 0 Å². The lowest BCUT2D eigenvalue weighted by Crippen LogP contribution is -2.49. The van der Waals surface area contributed by atoms with Gasteiger partial charge in [-0.2, -0.15) is 4.98 Å². The van der Waals surface area contributed by atoms with E-state index in [9.17, 15) is 8.42 Å². The van der Waals surface area contributed by atoms with Gasteiger partial charge < -0.3 is 24.8 Å². The van der Waals surface area contributed by atoms with Gasteiger partial charge in [-0.1, -0.05) is 6.07 Å². The van der Waals surface area contributed by atoms with Gasteiger partial charge in [0.05, 0.1) is 25.6 Å². The topological polar surface area (TPSA) is 105 Å². The minimum atomic E-state index is -3.45. The third kappa shape index (κ3) is 5.53. The SMILES string of the molecule is COc1ccc(Cn2ccc3cnc(Nc4ccc(N5CCN[C@@H](C)C5)cc4)nc32)c(N(C)S(C)(=O)=O)c1. The molecule has 200 valence electrons. The van der Waals surface area contributed by atoms with Crippen molar-refractivity contribution in [3.05, 3.63) is 66.5 Å². The number of rotatable bonds is 8. The summed E-state index contributed by atoms with van der Waals surface area (Å²) in [5.74, 6) is 1.08. The molecule has 0 spiro atoms. The van der Waals surface area contributed by atoms with Crippen LogP contribution in [0.3, 0.4) is 0 Å². The third-order valence-corrected chi connectivity index (χ3v) is 8.02. The second-order valence-electron chi connectivity index (χ2n) is 9.61. The lowest BCUT2D eigenvalue weighted by molar-refractivity contribution is 0.414. The first-order chi connectivity index (χ1) is 18.2. The molecule has 10 nitrogen and oxygen atoms in total. The monoisotopic (exact) mass is 535 g/mol. The zero-order valence-electron chi connectivity index (χ0n) is 22.0. The Balaban J connectivity index is 1.38. The zero-order valence-corrected chi connectivity index (χ0v) is 22.9. The Labute approximate surface area is 223 Å². The molecule has 2 N–H and O–H groups in total. The number of sulfonamides is 1. The predicted octanol–water partition coefficient (Wildman–Crippen LogP) is 3.43. The molecule has 38 heavy (non-hydrogen) atoms. The van der Waals surface area contributed by atoms with Crippen LogP contribution in [0.2, 0.25) is 0 Å². The number of nitrogens with zero attached hydrogens (tertiary/aromatic N) is 5. The summed E-state index contributed by atoms with van der Waals surface area (Å²) in [5.41, 5.74) is 4.23. The lowest BCUT2D eigenvalue weighted by Gasteiger charge is -2.33. The largest absolute Gasteiger partial charge is 0.497 e. The molecule has 1 aliphatic rings. The molecular formula is C27H33N7O3S. The first kappa shape index (κ1) is 25.8. The van der Waals surface area contributed by atoms with Gasteiger partial charge in [-0.3, -0.25) is 4.31 Å². The first-order valence-electron chi connectivity index (χ1n) is 12.5. The molecule has 5 rings (SSSR count). The van der Waals surface area contributed by atoms with Gasteiger partial charge >= 0.3 is 0 Å². The maximum atomic E-state index is 12.3. The quantitative estimate of drug-likeness (QED) is 0.354. The number of anilines is 4. The van der Waals surface area contributed by atoms with E-state index in [0.29, 0.717) is 30.0 Å². The maximum Gasteiger partial charge on any atom is 0.232 e. The summed E-state index contributed by atoms with van der Waals surface area (Å²) in [6.07, 6.45) is 4.90. The van der Waals surface area contributed by atoms with Crippen LogP contribution in [0.15, 0.2) is 60.9 Å². The summed E-state index contributed by atoms with van der Waals surface area (Å²) in [5, 5.41) is 7.67. The number of benzene rings is 2. The highest BCUT2D eigenvalue weighted by Crippen LogP contribution is 2.29. The number of ether oxygens (including phenoxy) is 1. The van der Waals surface area contributed by atoms with Gasteiger partial charge in [0.2, 0.25) is 16.0 Å². The van der Waals surface area contributed by atoms with Gasteiger partial charge in [-0.15, -0.1) is 0 Å². The minimum Gasteiger partial charge on any atom is -0.497 e. The highest BCUT2D eigenvalue weighted by molar-refractivity contribution is 7.92. The van der Waals surface area contributed by atoms with Crippen molar-refractivity contribution in [1.29, 1.82) is 0 Å². The predicted molar refractivity (Wildman–Crippen MR) is 152 cm³/mol. The summed E-state index contributed by atoms with van der Waals surface area (Å²) in [7, 11) is -0.352. The zero-order chi connectivity index (χ0) is 26.9. The van der Waals surface area contributed by atoms with Crippen molar-refractivity contribution in [3.8, 4) is 5.75 Å². The van der Waals surface area contributed by atoms with Crippen LogP contribution in [0.4, 0.5) is 23.0 Å². The smallest absolute Gasteiger partial charge is 0.232 e. The average Bonchev–Trinajstić information content (AvgIpc) is 3.30. The Kier molecular flexibility index (Phi) is 7.13. The fourth-order valence-electron chi connectivity index (χ4n) is 4.67. The molecule has 0 amide bonds. The van der Waals surface area contributed by atoms with Crippen LogP contribution in [0.5, 0.6) is 5.75 Å². The molecule has 2 aromatic heterocycles. The van der Waals surface area contributed by atoms with Gasteiger partial charge in [-0.05, 0) is 48.9 Å². The number of piperazine rings is 1. The van der Waals surface area contributed by atoms with Gasteiger partial charge in [-0.25, -0.2) is 13.4 Å². The molecule has 0 bridgehead atoms. The van der Waals surface area contributed by atoms with Gasteiger partial charge in [0, 0.05) is 67.9 Å². The fraction of sp³-hybridized carbons (Fsp3) is 0.333. The van der Waals surface area contributed by atoms with Crippen molar-refractivity contribution in [1.82, 2.24) is 19.9 Å². The Morgan fingerprint density at radius 2 is 1.97 bits per heavy atom. The molecule has 0 radical (unpaired) electrons. The lowest BCUT2D eigenvalue weighted by atomic mass is 10.1. The van der Waals surface area contributed by atoms with Crippen molar-refractivity contribution in [3.63, 3.8) is 0 Å². The third-order valence-electron chi connectivity index (χ3n) is 6.83. The van der Waals surface area contributed by atoms with Crippen LogP contribution in [0.1, 0.15) is 12.5 Å². The summed E-state index contributed by atoms with van der Waals surface area (Å²) in [6.45, 7) is 5.59. The van der Waals surface area contributed by atoms with Crippen LogP contribution in [-0.2, 0) is 16.6 Å². The molecule has 0 unspecified atom stereocenters. The summed E-state index contributed by atoms with van der Waals surface area (Å²) in [4.78, 5) is 11.6. The molecule has 3 heterocycles. The van der Waals surface area contributed by atoms with E-state index >= 15 is 0 Å². The van der Waals surface area contributed by atoms with E-state index in [1.165, 1.54) is 16.2 Å². The Bertz CT molecular complexity index is 1540. The van der Waals surface area contributed by atoms with Crippen LogP contribution in [0.25, 0.3) is 11.0 Å². The number of aromatic nitrogens is 3. The van der Waals surface area contributed by atoms with Gasteiger partial charge in [0.1, 0.15) is 11.4 Å². The molecule has 1 saturated heterocycles. The van der Waals surface area contributed by atoms with E-state index in [1.54, 1.807) is 26.4 Å². The number of methoxy groups -OCH3 is 1. The summed E-state index contributed by atoms with van der Waals surface area (Å²) >= 11 is 0. The van der Waals surface area contributed by atoms with Gasteiger partial charge in [0.25, 0.3) is 0 Å². The van der Waals surface area contributed by atoms with E-state index in [-0.39, 0.29) is 0 Å². The Hall–Kier alpha value is -3.83. The molecule has 2 aromatic carbocycles. The normalized spacial score (nSPS) is 16.0. The van der Waals surface area contributed by atoms with E-state index in [0.717, 1.165) is 41.9 Å². The minimum absolute atomic E-state index is 0.428. The Morgan fingerprint density at radius 1 is 1.18 bits per heavy atom. The number of hydrogen-bond donors (Lipinski definition) is 2. The fourth-order valence-corrected chi connectivity index (χ4v) is 5.20. The molecule has 0 aliphatic carbocycles. The molecule has 1 fully saturated rings.